The minimum absolute atomic E-state index is 0.122. The Hall–Kier alpha value is -2.69. The molecule has 4 rings (SSSR count). The molecule has 3 aromatic rings. The number of esters is 1. The number of hydrogen-bond acceptors (Lipinski definition) is 6. The van der Waals surface area contributed by atoms with E-state index in [1.165, 1.54) is 0 Å². The number of aliphatic imine (C=N–C) groups is 1. The standard InChI is InChI=1S/C26H18BrClINO5/c1-2-33-23-12-15(10-19(27)24(23)34-14-22(31)16-6-4-3-5-7-16)11-21-26(32)35-25(30-21)18-13-17(29)8-9-20(18)28/h3-13H,2,14H2,1H3/b21-11-. The van der Waals surface area contributed by atoms with E-state index in [-0.39, 0.29) is 24.0 Å². The number of nitrogens with zero attached hydrogens (tertiary/aromatic N) is 1. The Bertz CT molecular complexity index is 1360. The fourth-order valence-corrected chi connectivity index (χ4v) is 4.53. The number of rotatable bonds is 8. The molecule has 0 fully saturated rings. The van der Waals surface area contributed by atoms with Gasteiger partial charge in [-0.15, -0.1) is 0 Å². The van der Waals surface area contributed by atoms with Crippen LogP contribution in [0.5, 0.6) is 11.5 Å². The van der Waals surface area contributed by atoms with E-state index in [1.54, 1.807) is 54.6 Å². The van der Waals surface area contributed by atoms with Gasteiger partial charge in [0, 0.05) is 9.13 Å². The zero-order valence-electron chi connectivity index (χ0n) is 18.4. The van der Waals surface area contributed by atoms with Gasteiger partial charge < -0.3 is 14.2 Å². The Labute approximate surface area is 229 Å². The van der Waals surface area contributed by atoms with Crippen LogP contribution in [0, 0.1) is 3.57 Å². The highest BCUT2D eigenvalue weighted by Crippen LogP contribution is 2.38. The normalized spacial score (nSPS) is 14.0. The largest absolute Gasteiger partial charge is 0.490 e. The van der Waals surface area contributed by atoms with Crippen molar-refractivity contribution in [1.29, 1.82) is 0 Å². The summed E-state index contributed by atoms with van der Waals surface area (Å²) < 4.78 is 18.4. The summed E-state index contributed by atoms with van der Waals surface area (Å²) in [5.41, 5.74) is 1.85. The lowest BCUT2D eigenvalue weighted by Crippen LogP contribution is -2.12. The average molecular weight is 667 g/mol. The maximum Gasteiger partial charge on any atom is 0.363 e. The van der Waals surface area contributed by atoms with Crippen molar-refractivity contribution in [3.8, 4) is 11.5 Å². The number of cyclic esters (lactones) is 1. The van der Waals surface area contributed by atoms with Gasteiger partial charge >= 0.3 is 5.97 Å². The van der Waals surface area contributed by atoms with Crippen molar-refractivity contribution in [1.82, 2.24) is 0 Å². The van der Waals surface area contributed by atoms with Crippen molar-refractivity contribution in [2.45, 2.75) is 6.92 Å². The molecule has 0 aromatic heterocycles. The molecule has 9 heteroatoms. The molecule has 0 unspecified atom stereocenters. The molecule has 0 spiro atoms. The molecular formula is C26H18BrClINO5. The van der Waals surface area contributed by atoms with E-state index in [0.29, 0.717) is 44.3 Å². The average Bonchev–Trinajstić information content (AvgIpc) is 3.20. The third kappa shape index (κ3) is 6.12. The van der Waals surface area contributed by atoms with Crippen molar-refractivity contribution in [3.05, 3.63) is 96.1 Å². The number of carbonyl (C=O) groups excluding carboxylic acids is 2. The molecular weight excluding hydrogens is 649 g/mol. The summed E-state index contributed by atoms with van der Waals surface area (Å²) in [6.45, 7) is 2.07. The van der Waals surface area contributed by atoms with Crippen LogP contribution in [0.3, 0.4) is 0 Å². The second kappa shape index (κ2) is 11.4. The quantitative estimate of drug-likeness (QED) is 0.116. The van der Waals surface area contributed by atoms with E-state index >= 15 is 0 Å². The SMILES string of the molecule is CCOc1cc(/C=C2\N=C(c3cc(I)ccc3Cl)OC2=O)cc(Br)c1OCC(=O)c1ccccc1. The molecule has 6 nitrogen and oxygen atoms in total. The van der Waals surface area contributed by atoms with Gasteiger partial charge in [-0.3, -0.25) is 4.79 Å². The lowest BCUT2D eigenvalue weighted by molar-refractivity contribution is -0.129. The molecule has 178 valence electrons. The van der Waals surface area contributed by atoms with Gasteiger partial charge in [0.2, 0.25) is 5.90 Å². The van der Waals surface area contributed by atoms with Crippen molar-refractivity contribution < 1.29 is 23.8 Å². The van der Waals surface area contributed by atoms with Gasteiger partial charge in [-0.05, 0) is 87.4 Å². The van der Waals surface area contributed by atoms with Gasteiger partial charge in [-0.25, -0.2) is 9.79 Å². The van der Waals surface area contributed by atoms with Crippen LogP contribution in [0.15, 0.2) is 75.8 Å². The summed E-state index contributed by atoms with van der Waals surface area (Å²) in [4.78, 5) is 29.3. The number of carbonyl (C=O) groups is 2. The van der Waals surface area contributed by atoms with Crippen LogP contribution < -0.4 is 9.47 Å². The van der Waals surface area contributed by atoms with Crippen LogP contribution in [-0.2, 0) is 9.53 Å². The predicted molar refractivity (Wildman–Crippen MR) is 146 cm³/mol. The predicted octanol–water partition coefficient (Wildman–Crippen LogP) is 6.71. The third-order valence-corrected chi connectivity index (χ3v) is 6.45. The highest BCUT2D eigenvalue weighted by molar-refractivity contribution is 14.1. The van der Waals surface area contributed by atoms with E-state index < -0.39 is 5.97 Å². The molecule has 0 bridgehead atoms. The second-order valence-electron chi connectivity index (χ2n) is 7.30. The molecule has 0 aliphatic carbocycles. The molecule has 0 amide bonds. The van der Waals surface area contributed by atoms with Crippen LogP contribution >= 0.6 is 50.1 Å². The van der Waals surface area contributed by atoms with E-state index in [0.717, 1.165) is 3.57 Å². The number of ketones is 1. The number of hydrogen-bond donors (Lipinski definition) is 0. The molecule has 0 saturated carbocycles. The van der Waals surface area contributed by atoms with Crippen LogP contribution in [0.2, 0.25) is 5.02 Å². The Kier molecular flexibility index (Phi) is 8.25. The van der Waals surface area contributed by atoms with Crippen molar-refractivity contribution in [2.75, 3.05) is 13.2 Å². The summed E-state index contributed by atoms with van der Waals surface area (Å²) in [6, 6.07) is 17.7. The molecule has 3 aromatic carbocycles. The maximum absolute atomic E-state index is 12.5. The number of ether oxygens (including phenoxy) is 3. The van der Waals surface area contributed by atoms with Gasteiger partial charge in [0.25, 0.3) is 0 Å². The van der Waals surface area contributed by atoms with Gasteiger partial charge in [0.15, 0.2) is 29.6 Å². The van der Waals surface area contributed by atoms with E-state index in [4.69, 9.17) is 25.8 Å². The van der Waals surface area contributed by atoms with E-state index in [2.05, 4.69) is 43.5 Å². The summed E-state index contributed by atoms with van der Waals surface area (Å²) in [7, 11) is 0. The Morgan fingerprint density at radius 1 is 1.14 bits per heavy atom. The molecule has 0 saturated heterocycles. The van der Waals surface area contributed by atoms with Gasteiger partial charge in [0.05, 0.1) is 21.7 Å². The monoisotopic (exact) mass is 665 g/mol. The summed E-state index contributed by atoms with van der Waals surface area (Å²) >= 11 is 11.9. The highest BCUT2D eigenvalue weighted by Gasteiger charge is 2.26. The van der Waals surface area contributed by atoms with Gasteiger partial charge in [-0.1, -0.05) is 41.9 Å². The summed E-state index contributed by atoms with van der Waals surface area (Å²) in [5.74, 6) is 0.218. The highest BCUT2D eigenvalue weighted by atomic mass is 127. The van der Waals surface area contributed by atoms with Crippen LogP contribution in [-0.4, -0.2) is 30.9 Å². The lowest BCUT2D eigenvalue weighted by atomic mass is 10.1. The third-order valence-electron chi connectivity index (χ3n) is 4.86. The molecule has 0 atom stereocenters. The molecule has 35 heavy (non-hydrogen) atoms. The van der Waals surface area contributed by atoms with E-state index in [9.17, 15) is 9.59 Å². The van der Waals surface area contributed by atoms with Crippen LogP contribution in [0.25, 0.3) is 6.08 Å². The first kappa shape index (κ1) is 25.4. The Morgan fingerprint density at radius 2 is 1.91 bits per heavy atom. The first-order valence-electron chi connectivity index (χ1n) is 10.5. The van der Waals surface area contributed by atoms with E-state index in [1.807, 2.05) is 19.1 Å². The Balaban J connectivity index is 1.61. The minimum Gasteiger partial charge on any atom is -0.490 e. The Morgan fingerprint density at radius 3 is 2.66 bits per heavy atom. The van der Waals surface area contributed by atoms with Gasteiger partial charge in [0.1, 0.15) is 0 Å². The zero-order valence-corrected chi connectivity index (χ0v) is 22.9. The molecule has 0 radical (unpaired) electrons. The molecule has 1 aliphatic heterocycles. The van der Waals surface area contributed by atoms with Crippen LogP contribution in [0.4, 0.5) is 0 Å². The summed E-state index contributed by atoms with van der Waals surface area (Å²) in [6.07, 6.45) is 1.59. The van der Waals surface area contributed by atoms with Crippen molar-refractivity contribution in [3.63, 3.8) is 0 Å². The number of halogens is 3. The topological polar surface area (TPSA) is 74.2 Å². The lowest BCUT2D eigenvalue weighted by Gasteiger charge is -2.14. The minimum atomic E-state index is -0.585. The first-order valence-corrected chi connectivity index (χ1v) is 12.8. The van der Waals surface area contributed by atoms with Crippen LogP contribution in [0.1, 0.15) is 28.4 Å². The first-order chi connectivity index (χ1) is 16.9. The van der Waals surface area contributed by atoms with Crippen molar-refractivity contribution in [2.24, 2.45) is 4.99 Å². The number of Topliss-reactive ketones (excluding diaryl/α,β-unsaturated/α-hetero) is 1. The number of benzene rings is 3. The molecule has 1 heterocycles. The second-order valence-corrected chi connectivity index (χ2v) is 9.81. The summed E-state index contributed by atoms with van der Waals surface area (Å²) in [5, 5.41) is 0.436. The fraction of sp³-hybridized carbons (Fsp3) is 0.115. The molecule has 1 aliphatic rings. The fourth-order valence-electron chi connectivity index (χ4n) is 3.26. The van der Waals surface area contributed by atoms with Crippen molar-refractivity contribution >= 4 is 73.8 Å². The molecule has 0 N–H and O–H groups in total. The van der Waals surface area contributed by atoms with Gasteiger partial charge in [-0.2, -0.15) is 0 Å². The maximum atomic E-state index is 12.5. The zero-order chi connectivity index (χ0) is 24.9. The smallest absolute Gasteiger partial charge is 0.363 e.